The van der Waals surface area contributed by atoms with Crippen LogP contribution in [0.1, 0.15) is 35.6 Å². The van der Waals surface area contributed by atoms with Crippen molar-refractivity contribution in [1.82, 2.24) is 10.3 Å². The average molecular weight is 418 g/mol. The minimum atomic E-state index is -0.815. The summed E-state index contributed by atoms with van der Waals surface area (Å²) < 4.78 is 6.25. The van der Waals surface area contributed by atoms with Gasteiger partial charge in [0.2, 0.25) is 5.88 Å². The molecule has 6 nitrogen and oxygen atoms in total. The number of nitrogens with one attached hydrogen (secondary N) is 2. The molecule has 0 saturated carbocycles. The van der Waals surface area contributed by atoms with Crippen LogP contribution in [-0.2, 0) is 11.2 Å². The fourth-order valence-corrected chi connectivity index (χ4v) is 3.89. The van der Waals surface area contributed by atoms with E-state index in [1.165, 1.54) is 5.56 Å². The van der Waals surface area contributed by atoms with Gasteiger partial charge in [0.25, 0.3) is 0 Å². The molecule has 1 aromatic heterocycles. The smallest absolute Gasteiger partial charge is 0.307 e. The monoisotopic (exact) mass is 417 g/mol. The van der Waals surface area contributed by atoms with E-state index in [1.54, 1.807) is 6.20 Å². The second kappa shape index (κ2) is 9.62. The molecule has 31 heavy (non-hydrogen) atoms. The lowest BCUT2D eigenvalue weighted by atomic mass is 9.96. The third-order valence-corrected chi connectivity index (χ3v) is 5.61. The Morgan fingerprint density at radius 3 is 2.65 bits per heavy atom. The summed E-state index contributed by atoms with van der Waals surface area (Å²) in [5, 5.41) is 16.1. The van der Waals surface area contributed by atoms with E-state index in [0.29, 0.717) is 12.4 Å². The maximum Gasteiger partial charge on any atom is 0.307 e. The summed E-state index contributed by atoms with van der Waals surface area (Å²) in [6.45, 7) is 3.61. The van der Waals surface area contributed by atoms with Crippen LogP contribution in [0, 0.1) is 0 Å². The fraction of sp³-hybridized carbons (Fsp3) is 0.280. The van der Waals surface area contributed by atoms with E-state index >= 15 is 0 Å². The Kier molecular flexibility index (Phi) is 6.48. The number of nitrogens with zero attached hydrogens (tertiary/aromatic N) is 1. The lowest BCUT2D eigenvalue weighted by Crippen LogP contribution is -2.43. The van der Waals surface area contributed by atoms with E-state index in [2.05, 4.69) is 34.7 Å². The Balaban J connectivity index is 1.46. The Hall–Kier alpha value is -3.38. The van der Waals surface area contributed by atoms with Gasteiger partial charge < -0.3 is 20.5 Å². The molecule has 0 bridgehead atoms. The zero-order chi connectivity index (χ0) is 21.6. The van der Waals surface area contributed by atoms with Crippen molar-refractivity contribution in [2.75, 3.05) is 18.4 Å². The number of rotatable bonds is 8. The predicted molar refractivity (Wildman–Crippen MR) is 121 cm³/mol. The van der Waals surface area contributed by atoms with Crippen molar-refractivity contribution < 1.29 is 14.6 Å². The summed E-state index contributed by atoms with van der Waals surface area (Å²) in [6, 6.07) is 22.0. The Bertz CT molecular complexity index is 1010. The molecule has 4 rings (SSSR count). The number of benzene rings is 2. The summed E-state index contributed by atoms with van der Waals surface area (Å²) in [4.78, 5) is 15.3. The van der Waals surface area contributed by atoms with Crippen LogP contribution < -0.4 is 15.4 Å². The molecule has 1 aliphatic rings. The number of anilines is 1. The first-order chi connectivity index (χ1) is 15.1. The van der Waals surface area contributed by atoms with Crippen molar-refractivity contribution in [2.24, 2.45) is 0 Å². The van der Waals surface area contributed by atoms with Crippen LogP contribution in [0.4, 0.5) is 5.69 Å². The van der Waals surface area contributed by atoms with Crippen molar-refractivity contribution in [1.29, 1.82) is 0 Å². The molecule has 0 fully saturated rings. The van der Waals surface area contributed by atoms with Gasteiger partial charge in [0.1, 0.15) is 6.10 Å². The highest BCUT2D eigenvalue weighted by Crippen LogP contribution is 2.31. The minimum Gasteiger partial charge on any atom is -0.481 e. The predicted octanol–water partition coefficient (Wildman–Crippen LogP) is 4.02. The van der Waals surface area contributed by atoms with Crippen molar-refractivity contribution in [2.45, 2.75) is 31.4 Å². The highest BCUT2D eigenvalue weighted by Gasteiger charge is 2.29. The first-order valence-corrected chi connectivity index (χ1v) is 10.5. The molecule has 2 heterocycles. The van der Waals surface area contributed by atoms with E-state index < -0.39 is 5.97 Å². The fourth-order valence-electron chi connectivity index (χ4n) is 3.89. The van der Waals surface area contributed by atoms with E-state index in [9.17, 15) is 4.79 Å². The molecule has 160 valence electrons. The number of aliphatic carboxylic acids is 1. The zero-order valence-electron chi connectivity index (χ0n) is 17.5. The van der Waals surface area contributed by atoms with Crippen LogP contribution in [-0.4, -0.2) is 35.3 Å². The zero-order valence-corrected chi connectivity index (χ0v) is 17.5. The number of fused-ring (bicyclic) bond motifs is 1. The normalized spacial score (nSPS) is 17.0. The van der Waals surface area contributed by atoms with Crippen molar-refractivity contribution in [3.05, 3.63) is 89.6 Å². The number of carboxylic acid groups (broad SMARTS) is 1. The van der Waals surface area contributed by atoms with Crippen LogP contribution in [0.2, 0.25) is 0 Å². The lowest BCUT2D eigenvalue weighted by molar-refractivity contribution is -0.136. The Morgan fingerprint density at radius 2 is 1.90 bits per heavy atom. The van der Waals surface area contributed by atoms with Gasteiger partial charge in [-0.2, -0.15) is 0 Å². The molecule has 3 atom stereocenters. The van der Waals surface area contributed by atoms with E-state index in [4.69, 9.17) is 9.84 Å². The van der Waals surface area contributed by atoms with Gasteiger partial charge >= 0.3 is 5.97 Å². The molecule has 0 spiro atoms. The quantitative estimate of drug-likeness (QED) is 0.514. The second-order valence-corrected chi connectivity index (χ2v) is 7.90. The molecule has 0 aliphatic carbocycles. The van der Waals surface area contributed by atoms with Crippen molar-refractivity contribution in [3.63, 3.8) is 0 Å². The molecule has 0 saturated heterocycles. The Morgan fingerprint density at radius 1 is 1.13 bits per heavy atom. The summed E-state index contributed by atoms with van der Waals surface area (Å²) in [5.74, 6) is 0.0703. The molecule has 3 N–H and O–H groups in total. The number of aromatic nitrogens is 1. The van der Waals surface area contributed by atoms with E-state index in [1.807, 2.05) is 54.6 Å². The molecule has 0 amide bonds. The molecular weight excluding hydrogens is 390 g/mol. The summed E-state index contributed by atoms with van der Waals surface area (Å²) >= 11 is 0. The van der Waals surface area contributed by atoms with Gasteiger partial charge in [-0.25, -0.2) is 4.98 Å². The van der Waals surface area contributed by atoms with Crippen LogP contribution in [0.25, 0.3) is 0 Å². The molecule has 0 unspecified atom stereocenters. The minimum absolute atomic E-state index is 0.00223. The standard InChI is InChI=1S/C25H27N3O3/c1-17(19-11-9-18(10-12-19)14-23(29)30)15-28-24(20-6-3-2-4-7-20)22-16-27-21-8-5-13-26-25(21)31-22/h2-13,17,22,24,27-28H,14-16H2,1H3,(H,29,30)/t17-,22+,24-/m1/s1. The van der Waals surface area contributed by atoms with Crippen molar-refractivity contribution in [3.8, 4) is 5.88 Å². The molecular formula is C25H27N3O3. The summed E-state index contributed by atoms with van der Waals surface area (Å²) in [5.41, 5.74) is 4.06. The SMILES string of the molecule is C[C@H](CN[C@H](c1ccccc1)[C@@H]1CNc2cccnc2O1)c1ccc(CC(=O)O)cc1. The molecule has 2 aromatic carbocycles. The van der Waals surface area contributed by atoms with Crippen LogP contribution in [0.5, 0.6) is 5.88 Å². The summed E-state index contributed by atoms with van der Waals surface area (Å²) in [7, 11) is 0. The van der Waals surface area contributed by atoms with E-state index in [0.717, 1.165) is 23.4 Å². The highest BCUT2D eigenvalue weighted by molar-refractivity contribution is 5.70. The average Bonchev–Trinajstić information content (AvgIpc) is 2.80. The largest absolute Gasteiger partial charge is 0.481 e. The lowest BCUT2D eigenvalue weighted by Gasteiger charge is -2.33. The van der Waals surface area contributed by atoms with Gasteiger partial charge in [-0.3, -0.25) is 4.79 Å². The third kappa shape index (κ3) is 5.22. The maximum atomic E-state index is 10.9. The topological polar surface area (TPSA) is 83.5 Å². The van der Waals surface area contributed by atoms with Crippen LogP contribution in [0.15, 0.2) is 72.9 Å². The van der Waals surface area contributed by atoms with Gasteiger partial charge in [-0.05, 0) is 34.7 Å². The first kappa shape index (κ1) is 20.9. The first-order valence-electron chi connectivity index (χ1n) is 10.5. The third-order valence-electron chi connectivity index (χ3n) is 5.61. The molecule has 6 heteroatoms. The number of ether oxygens (including phenoxy) is 1. The van der Waals surface area contributed by atoms with Crippen molar-refractivity contribution >= 4 is 11.7 Å². The second-order valence-electron chi connectivity index (χ2n) is 7.90. The van der Waals surface area contributed by atoms with Gasteiger partial charge in [0, 0.05) is 12.7 Å². The molecule has 0 radical (unpaired) electrons. The van der Waals surface area contributed by atoms with Gasteiger partial charge in [-0.15, -0.1) is 0 Å². The summed E-state index contributed by atoms with van der Waals surface area (Å²) in [6.07, 6.45) is 1.68. The number of carboxylic acids is 1. The number of pyridine rings is 1. The van der Waals surface area contributed by atoms with Gasteiger partial charge in [0.05, 0.1) is 24.7 Å². The Labute approximate surface area is 182 Å². The highest BCUT2D eigenvalue weighted by atomic mass is 16.5. The number of hydrogen-bond acceptors (Lipinski definition) is 5. The van der Waals surface area contributed by atoms with Crippen LogP contribution >= 0.6 is 0 Å². The molecule has 1 aliphatic heterocycles. The maximum absolute atomic E-state index is 10.9. The van der Waals surface area contributed by atoms with E-state index in [-0.39, 0.29) is 24.5 Å². The van der Waals surface area contributed by atoms with Gasteiger partial charge in [-0.1, -0.05) is 61.5 Å². The number of hydrogen-bond donors (Lipinski definition) is 3. The van der Waals surface area contributed by atoms with Crippen LogP contribution in [0.3, 0.4) is 0 Å². The molecule has 3 aromatic rings. The van der Waals surface area contributed by atoms with Gasteiger partial charge in [0.15, 0.2) is 0 Å². The number of carbonyl (C=O) groups is 1.